The second kappa shape index (κ2) is 7.30. The minimum absolute atomic E-state index is 0.143. The normalized spacial score (nSPS) is 24.3. The van der Waals surface area contributed by atoms with Crippen molar-refractivity contribution in [1.82, 2.24) is 0 Å². The fraction of sp³-hybridized carbons (Fsp3) is 0.688. The van der Waals surface area contributed by atoms with Crippen LogP contribution < -0.4 is 0 Å². The quantitative estimate of drug-likeness (QED) is 0.497. The van der Waals surface area contributed by atoms with Gasteiger partial charge in [0.2, 0.25) is 0 Å². The van der Waals surface area contributed by atoms with Crippen LogP contribution in [0.1, 0.15) is 53.4 Å². The van der Waals surface area contributed by atoms with Crippen molar-refractivity contribution in [2.45, 2.75) is 64.2 Å². The summed E-state index contributed by atoms with van der Waals surface area (Å²) >= 11 is 0. The molecule has 0 saturated heterocycles. The molecule has 0 aliphatic heterocycles. The summed E-state index contributed by atoms with van der Waals surface area (Å²) < 4.78 is 6.09. The zero-order chi connectivity index (χ0) is 13.6. The van der Waals surface area contributed by atoms with Gasteiger partial charge in [0.15, 0.2) is 0 Å². The molecule has 0 heterocycles. The van der Waals surface area contributed by atoms with Crippen molar-refractivity contribution in [3.63, 3.8) is 0 Å². The van der Waals surface area contributed by atoms with E-state index in [1.807, 2.05) is 0 Å². The van der Waals surface area contributed by atoms with Crippen molar-refractivity contribution >= 4 is 16.6 Å². The molecule has 104 valence electrons. The first-order chi connectivity index (χ1) is 8.39. The Morgan fingerprint density at radius 3 is 2.78 bits per heavy atom. The standard InChI is InChI=1S/C16H28OS/c1-14(17-18(5)16(2,3)4)10-9-13-15-11-7-6-8-12-15/h7,9,11,13-15H,5-6,8,10,12H2,1-4H3/b13-9+/t14-,15?,18?/m1/s1. The summed E-state index contributed by atoms with van der Waals surface area (Å²) in [5.74, 6) is 4.76. The lowest BCUT2D eigenvalue weighted by atomic mass is 9.95. The lowest BCUT2D eigenvalue weighted by molar-refractivity contribution is 0.262. The molecule has 0 amide bonds. The molecule has 0 aromatic heterocycles. The molecule has 0 aromatic carbocycles. The summed E-state index contributed by atoms with van der Waals surface area (Å²) in [6.07, 6.45) is 14.3. The maximum absolute atomic E-state index is 5.95. The second-order valence-electron chi connectivity index (χ2n) is 6.05. The Hall–Kier alpha value is -0.340. The molecular weight excluding hydrogens is 240 g/mol. The highest BCUT2D eigenvalue weighted by molar-refractivity contribution is 8.11. The minimum Gasteiger partial charge on any atom is -0.320 e. The van der Waals surface area contributed by atoms with Crippen LogP contribution in [-0.2, 0) is 4.18 Å². The monoisotopic (exact) mass is 268 g/mol. The lowest BCUT2D eigenvalue weighted by Gasteiger charge is -2.25. The van der Waals surface area contributed by atoms with E-state index in [0.717, 1.165) is 6.42 Å². The fourth-order valence-corrected chi connectivity index (χ4v) is 2.59. The van der Waals surface area contributed by atoms with Gasteiger partial charge in [-0.25, -0.2) is 0 Å². The Morgan fingerprint density at radius 2 is 2.22 bits per heavy atom. The van der Waals surface area contributed by atoms with Crippen LogP contribution in [0.2, 0.25) is 0 Å². The zero-order valence-corrected chi connectivity index (χ0v) is 13.1. The van der Waals surface area contributed by atoms with Crippen molar-refractivity contribution in [2.75, 3.05) is 0 Å². The van der Waals surface area contributed by atoms with Crippen LogP contribution in [0.5, 0.6) is 0 Å². The van der Waals surface area contributed by atoms with E-state index in [0.29, 0.717) is 5.92 Å². The fourth-order valence-electron chi connectivity index (χ4n) is 1.83. The molecule has 3 atom stereocenters. The molecule has 1 aliphatic carbocycles. The highest BCUT2D eigenvalue weighted by atomic mass is 32.2. The van der Waals surface area contributed by atoms with E-state index in [-0.39, 0.29) is 21.6 Å². The van der Waals surface area contributed by atoms with Crippen molar-refractivity contribution in [3.05, 3.63) is 24.3 Å². The summed E-state index contributed by atoms with van der Waals surface area (Å²) in [5.41, 5.74) is 0. The molecule has 1 nitrogen and oxygen atoms in total. The minimum atomic E-state index is -0.223. The van der Waals surface area contributed by atoms with Crippen LogP contribution in [-0.4, -0.2) is 16.7 Å². The van der Waals surface area contributed by atoms with Gasteiger partial charge in [-0.2, -0.15) is 0 Å². The van der Waals surface area contributed by atoms with Gasteiger partial charge in [0.25, 0.3) is 0 Å². The molecule has 1 rings (SSSR count). The highest BCUT2D eigenvalue weighted by Gasteiger charge is 2.16. The molecule has 0 fully saturated rings. The van der Waals surface area contributed by atoms with Crippen molar-refractivity contribution in [2.24, 2.45) is 5.92 Å². The van der Waals surface area contributed by atoms with Crippen LogP contribution in [0, 0.1) is 5.92 Å². The van der Waals surface area contributed by atoms with Crippen LogP contribution in [0.25, 0.3) is 0 Å². The van der Waals surface area contributed by atoms with E-state index in [9.17, 15) is 0 Å². The van der Waals surface area contributed by atoms with Crippen molar-refractivity contribution in [3.8, 4) is 0 Å². The molecule has 0 saturated carbocycles. The van der Waals surface area contributed by atoms with E-state index >= 15 is 0 Å². The van der Waals surface area contributed by atoms with Gasteiger partial charge in [0.05, 0.1) is 6.10 Å². The Morgan fingerprint density at radius 1 is 1.50 bits per heavy atom. The Bertz CT molecular complexity index is 322. The average Bonchev–Trinajstić information content (AvgIpc) is 2.29. The molecule has 0 spiro atoms. The van der Waals surface area contributed by atoms with Gasteiger partial charge in [-0.05, 0) is 65.2 Å². The first-order valence-corrected chi connectivity index (χ1v) is 8.26. The van der Waals surface area contributed by atoms with Crippen molar-refractivity contribution < 1.29 is 4.18 Å². The predicted molar refractivity (Wildman–Crippen MR) is 85.3 cm³/mol. The van der Waals surface area contributed by atoms with Gasteiger partial charge in [-0.3, -0.25) is 0 Å². The third-order valence-electron chi connectivity index (χ3n) is 3.11. The molecule has 1 aliphatic rings. The number of hydrogen-bond donors (Lipinski definition) is 0. The van der Waals surface area contributed by atoms with E-state index < -0.39 is 0 Å². The smallest absolute Gasteiger partial charge is 0.0721 e. The first-order valence-electron chi connectivity index (χ1n) is 6.94. The van der Waals surface area contributed by atoms with Crippen molar-refractivity contribution in [1.29, 1.82) is 0 Å². The molecule has 0 aromatic rings. The molecule has 0 radical (unpaired) electrons. The molecule has 0 bridgehead atoms. The molecular formula is C16H28OS. The molecule has 0 N–H and O–H groups in total. The van der Waals surface area contributed by atoms with Crippen LogP contribution in [0.3, 0.4) is 0 Å². The summed E-state index contributed by atoms with van der Waals surface area (Å²) in [6.45, 7) is 8.67. The second-order valence-corrected chi connectivity index (χ2v) is 8.16. The maximum atomic E-state index is 5.95. The predicted octanol–water partition coefficient (Wildman–Crippen LogP) is 5.11. The van der Waals surface area contributed by atoms with Gasteiger partial charge in [0, 0.05) is 4.75 Å². The molecule has 18 heavy (non-hydrogen) atoms. The number of hydrogen-bond acceptors (Lipinski definition) is 1. The summed E-state index contributed by atoms with van der Waals surface area (Å²) in [6, 6.07) is 0. The topological polar surface area (TPSA) is 9.23 Å². The molecule has 2 heteroatoms. The molecule has 2 unspecified atom stereocenters. The largest absolute Gasteiger partial charge is 0.320 e. The maximum Gasteiger partial charge on any atom is 0.0721 e. The lowest BCUT2D eigenvalue weighted by Crippen LogP contribution is -2.15. The van der Waals surface area contributed by atoms with E-state index in [2.05, 4.69) is 57.9 Å². The Labute approximate surface area is 115 Å². The third-order valence-corrected chi connectivity index (χ3v) is 5.03. The van der Waals surface area contributed by atoms with Gasteiger partial charge >= 0.3 is 0 Å². The average molecular weight is 268 g/mol. The summed E-state index contributed by atoms with van der Waals surface area (Å²) in [7, 11) is -0.223. The number of allylic oxidation sites excluding steroid dienone is 3. The number of rotatable bonds is 5. The van der Waals surface area contributed by atoms with Gasteiger partial charge in [-0.15, -0.1) is 0 Å². The van der Waals surface area contributed by atoms with Crippen LogP contribution >= 0.6 is 10.8 Å². The van der Waals surface area contributed by atoms with Crippen LogP contribution in [0.15, 0.2) is 24.3 Å². The SMILES string of the molecule is C=S(O[C@H](C)C/C=C/C1C=CCCC1)C(C)(C)C. The van der Waals surface area contributed by atoms with E-state index in [1.165, 1.54) is 19.3 Å². The van der Waals surface area contributed by atoms with Crippen LogP contribution in [0.4, 0.5) is 0 Å². The first kappa shape index (κ1) is 15.7. The Kier molecular flexibility index (Phi) is 6.37. The summed E-state index contributed by atoms with van der Waals surface area (Å²) in [5, 5.41) is 0. The Balaban J connectivity index is 2.30. The summed E-state index contributed by atoms with van der Waals surface area (Å²) in [4.78, 5) is 0. The highest BCUT2D eigenvalue weighted by Crippen LogP contribution is 2.32. The van der Waals surface area contributed by atoms with Gasteiger partial charge in [0.1, 0.15) is 0 Å². The zero-order valence-electron chi connectivity index (χ0n) is 12.3. The van der Waals surface area contributed by atoms with E-state index in [4.69, 9.17) is 4.18 Å². The van der Waals surface area contributed by atoms with Gasteiger partial charge in [-0.1, -0.05) is 35.1 Å². The van der Waals surface area contributed by atoms with Gasteiger partial charge < -0.3 is 4.18 Å². The third kappa shape index (κ3) is 6.01. The van der Waals surface area contributed by atoms with E-state index in [1.54, 1.807) is 0 Å².